The third-order valence-electron chi connectivity index (χ3n) is 5.71. The molecule has 2 aromatic heterocycles. The first kappa shape index (κ1) is 17.9. The second-order valence-corrected chi connectivity index (χ2v) is 8.28. The van der Waals surface area contributed by atoms with Crippen LogP contribution < -0.4 is 10.2 Å². The van der Waals surface area contributed by atoms with Crippen LogP contribution in [0.1, 0.15) is 0 Å². The van der Waals surface area contributed by atoms with Gasteiger partial charge in [-0.15, -0.1) is 5.10 Å². The van der Waals surface area contributed by atoms with Gasteiger partial charge < -0.3 is 19.4 Å². The summed E-state index contributed by atoms with van der Waals surface area (Å²) in [5, 5.41) is 7.99. The van der Waals surface area contributed by atoms with Crippen LogP contribution in [-0.4, -0.2) is 79.0 Å². The van der Waals surface area contributed by atoms with E-state index in [2.05, 4.69) is 24.3 Å². The number of rotatable bonds is 2. The monoisotopic (exact) mass is 393 g/mol. The number of fused-ring (bicyclic) bond motifs is 2. The number of quaternary nitrogens is 1. The van der Waals surface area contributed by atoms with Gasteiger partial charge in [-0.2, -0.15) is 0 Å². The van der Waals surface area contributed by atoms with Crippen LogP contribution >= 0.6 is 0 Å². The van der Waals surface area contributed by atoms with Gasteiger partial charge in [0.05, 0.1) is 51.5 Å². The smallest absolute Gasteiger partial charge is 0.206 e. The van der Waals surface area contributed by atoms with Crippen molar-refractivity contribution in [2.45, 2.75) is 0 Å². The molecule has 0 atom stereocenters. The van der Waals surface area contributed by atoms with E-state index in [1.54, 1.807) is 12.2 Å². The number of nitrogens with one attached hydrogen (secondary N) is 1. The number of ether oxygens (including phenoxy) is 1. The fourth-order valence-corrected chi connectivity index (χ4v) is 3.87. The number of allylic oxidation sites excluding steroid dienone is 2. The van der Waals surface area contributed by atoms with E-state index in [1.807, 2.05) is 28.9 Å². The minimum Gasteiger partial charge on any atom is -0.490 e. The fourth-order valence-electron chi connectivity index (χ4n) is 3.87. The van der Waals surface area contributed by atoms with Crippen LogP contribution in [0, 0.1) is 0 Å². The normalized spacial score (nSPS) is 22.6. The number of nitrogens with zero attached hydrogens (tertiary/aromatic N) is 5. The van der Waals surface area contributed by atoms with E-state index in [4.69, 9.17) is 14.8 Å². The van der Waals surface area contributed by atoms with Crippen LogP contribution in [0.25, 0.3) is 5.52 Å². The number of carbonyl (C=O) groups is 1. The van der Waals surface area contributed by atoms with Crippen molar-refractivity contribution in [2.75, 3.05) is 58.3 Å². The summed E-state index contributed by atoms with van der Waals surface area (Å²) in [6, 6.07) is 5.90. The Morgan fingerprint density at radius 1 is 1.21 bits per heavy atom. The average molecular weight is 393 g/mol. The van der Waals surface area contributed by atoms with Crippen molar-refractivity contribution in [2.24, 2.45) is 4.99 Å². The average Bonchev–Trinajstić information content (AvgIpc) is 3.07. The zero-order valence-corrected chi connectivity index (χ0v) is 16.8. The van der Waals surface area contributed by atoms with Gasteiger partial charge in [0.15, 0.2) is 5.82 Å². The number of hydrogen-bond acceptors (Lipinski definition) is 6. The quantitative estimate of drug-likeness (QED) is 0.615. The second-order valence-electron chi connectivity index (χ2n) is 8.28. The molecule has 0 aromatic carbocycles. The van der Waals surface area contributed by atoms with Crippen molar-refractivity contribution >= 4 is 28.5 Å². The van der Waals surface area contributed by atoms with Crippen LogP contribution in [0.3, 0.4) is 0 Å². The number of anilines is 1. The summed E-state index contributed by atoms with van der Waals surface area (Å²) < 4.78 is 8.53. The molecular weight excluding hydrogens is 368 g/mol. The Kier molecular flexibility index (Phi) is 4.16. The van der Waals surface area contributed by atoms with Crippen molar-refractivity contribution in [3.63, 3.8) is 0 Å². The minimum atomic E-state index is -0.126. The van der Waals surface area contributed by atoms with Crippen LogP contribution in [0.4, 0.5) is 11.5 Å². The number of pyridine rings is 1. The fraction of sp³-hybridized carbons (Fsp3) is 0.381. The third-order valence-corrected chi connectivity index (χ3v) is 5.71. The van der Waals surface area contributed by atoms with Gasteiger partial charge in [-0.05, 0) is 12.1 Å². The van der Waals surface area contributed by atoms with Gasteiger partial charge in [-0.3, -0.25) is 4.79 Å². The lowest BCUT2D eigenvalue weighted by Crippen LogP contribution is -2.55. The van der Waals surface area contributed by atoms with Gasteiger partial charge in [0.1, 0.15) is 23.8 Å². The van der Waals surface area contributed by atoms with E-state index in [1.165, 1.54) is 0 Å². The largest absolute Gasteiger partial charge is 0.490 e. The molecule has 0 bridgehead atoms. The van der Waals surface area contributed by atoms with E-state index in [0.29, 0.717) is 24.6 Å². The number of piperazine rings is 1. The van der Waals surface area contributed by atoms with E-state index in [9.17, 15) is 4.79 Å². The van der Waals surface area contributed by atoms with Crippen LogP contribution in [0.15, 0.2) is 53.0 Å². The Hall–Kier alpha value is -3.13. The number of hydrogen-bond donors (Lipinski definition) is 1. The first-order chi connectivity index (χ1) is 14.0. The SMILES string of the molecule is C[N+]1(C)CCN(c2nn3ccccc3c2N=C2C=C3OCCNC3=CC2=O)CC1. The highest BCUT2D eigenvalue weighted by Crippen LogP contribution is 2.34. The summed E-state index contributed by atoms with van der Waals surface area (Å²) in [4.78, 5) is 19.8. The third kappa shape index (κ3) is 3.29. The Labute approximate surface area is 169 Å². The highest BCUT2D eigenvalue weighted by molar-refractivity contribution is 6.49. The number of likely N-dealkylation sites (N-methyl/N-ethyl adjacent to an activating group) is 1. The number of aromatic nitrogens is 2. The van der Waals surface area contributed by atoms with Crippen molar-refractivity contribution in [1.29, 1.82) is 0 Å². The zero-order chi connectivity index (χ0) is 20.0. The molecule has 2 aromatic rings. The molecule has 2 saturated heterocycles. The van der Waals surface area contributed by atoms with Crippen molar-refractivity contribution in [1.82, 2.24) is 14.9 Å². The number of morpholine rings is 1. The summed E-state index contributed by atoms with van der Waals surface area (Å²) in [6.45, 7) is 5.16. The van der Waals surface area contributed by atoms with Crippen molar-refractivity contribution in [3.8, 4) is 0 Å². The summed E-state index contributed by atoms with van der Waals surface area (Å²) in [6.07, 6.45) is 5.22. The molecule has 0 radical (unpaired) electrons. The molecular formula is C21H25N6O2+. The Balaban J connectivity index is 1.58. The molecule has 0 unspecified atom stereocenters. The molecule has 150 valence electrons. The van der Waals surface area contributed by atoms with Gasteiger partial charge in [0.25, 0.3) is 0 Å². The molecule has 4 heterocycles. The summed E-state index contributed by atoms with van der Waals surface area (Å²) in [5.74, 6) is 1.37. The molecule has 3 aliphatic rings. The number of carbonyl (C=O) groups excluding carboxylic acids is 1. The lowest BCUT2D eigenvalue weighted by Gasteiger charge is -2.39. The highest BCUT2D eigenvalue weighted by Gasteiger charge is 2.29. The summed E-state index contributed by atoms with van der Waals surface area (Å²) >= 11 is 0. The molecule has 5 rings (SSSR count). The van der Waals surface area contributed by atoms with E-state index >= 15 is 0 Å². The highest BCUT2D eigenvalue weighted by atomic mass is 16.5. The molecule has 8 nitrogen and oxygen atoms in total. The standard InChI is InChI=1S/C21H24N6O2/c1-27(2)10-8-25(9-11-27)21-20(17-5-3-4-7-26(17)24-21)23-15-14-19-16(13-18(15)28)22-6-12-29-19/h3-5,7,13-14H,6,8-12H2,1-2H3/p+1. The maximum absolute atomic E-state index is 12.7. The topological polar surface area (TPSA) is 71.2 Å². The van der Waals surface area contributed by atoms with E-state index in [-0.39, 0.29) is 5.78 Å². The maximum atomic E-state index is 12.7. The van der Waals surface area contributed by atoms with Gasteiger partial charge in [0.2, 0.25) is 5.78 Å². The molecule has 1 N–H and O–H groups in total. The molecule has 1 aliphatic carbocycles. The lowest BCUT2D eigenvalue weighted by molar-refractivity contribution is -0.890. The van der Waals surface area contributed by atoms with Crippen LogP contribution in [0.5, 0.6) is 0 Å². The molecule has 29 heavy (non-hydrogen) atoms. The molecule has 0 amide bonds. The molecule has 0 saturated carbocycles. The van der Waals surface area contributed by atoms with Crippen molar-refractivity contribution in [3.05, 3.63) is 48.0 Å². The van der Waals surface area contributed by atoms with Crippen molar-refractivity contribution < 1.29 is 14.0 Å². The van der Waals surface area contributed by atoms with E-state index < -0.39 is 0 Å². The van der Waals surface area contributed by atoms with E-state index in [0.717, 1.165) is 53.4 Å². The maximum Gasteiger partial charge on any atom is 0.206 e. The molecule has 8 heteroatoms. The first-order valence-corrected chi connectivity index (χ1v) is 9.98. The molecule has 2 aliphatic heterocycles. The Morgan fingerprint density at radius 2 is 2.03 bits per heavy atom. The molecule has 0 spiro atoms. The van der Waals surface area contributed by atoms with Gasteiger partial charge in [0, 0.05) is 24.9 Å². The predicted molar refractivity (Wildman–Crippen MR) is 111 cm³/mol. The van der Waals surface area contributed by atoms with Crippen LogP contribution in [-0.2, 0) is 9.53 Å². The molecule has 2 fully saturated rings. The van der Waals surface area contributed by atoms with Gasteiger partial charge in [-0.1, -0.05) is 6.07 Å². The second kappa shape index (κ2) is 6.73. The predicted octanol–water partition coefficient (Wildman–Crippen LogP) is 1.27. The Bertz CT molecular complexity index is 1070. The minimum absolute atomic E-state index is 0.126. The first-order valence-electron chi connectivity index (χ1n) is 9.98. The van der Waals surface area contributed by atoms with Crippen LogP contribution in [0.2, 0.25) is 0 Å². The van der Waals surface area contributed by atoms with Gasteiger partial charge >= 0.3 is 0 Å². The lowest BCUT2D eigenvalue weighted by atomic mass is 10.1. The summed E-state index contributed by atoms with van der Waals surface area (Å²) in [5.41, 5.74) is 2.73. The summed E-state index contributed by atoms with van der Waals surface area (Å²) in [7, 11) is 4.49. The zero-order valence-electron chi connectivity index (χ0n) is 16.8. The Morgan fingerprint density at radius 3 is 2.86 bits per heavy atom. The van der Waals surface area contributed by atoms with Gasteiger partial charge in [-0.25, -0.2) is 9.51 Å². The number of ketones is 1. The number of aliphatic imine (C=N–C) groups is 1.